The summed E-state index contributed by atoms with van der Waals surface area (Å²) in [7, 11) is 1.75. The first-order chi connectivity index (χ1) is 12.7. The lowest BCUT2D eigenvalue weighted by Gasteiger charge is -2.23. The van der Waals surface area contributed by atoms with Gasteiger partial charge in [0.15, 0.2) is 5.96 Å². The van der Waals surface area contributed by atoms with Crippen molar-refractivity contribution in [2.24, 2.45) is 4.99 Å². The Hall–Kier alpha value is -0.900. The number of rotatable bonds is 10. The molecule has 0 radical (unpaired) electrons. The van der Waals surface area contributed by atoms with Crippen molar-refractivity contribution in [3.05, 3.63) is 35.9 Å². The first-order valence-electron chi connectivity index (χ1n) is 9.72. The number of nitrogens with one attached hydrogen (secondary N) is 2. The average Bonchev–Trinajstić information content (AvgIpc) is 3.12. The van der Waals surface area contributed by atoms with Crippen LogP contribution < -0.4 is 10.6 Å². The number of aliphatic imine (C=N–C) groups is 1. The number of hydrogen-bond acceptors (Lipinski definition) is 4. The maximum Gasteiger partial charge on any atom is 0.191 e. The molecular weight excluding hydrogens is 455 g/mol. The number of likely N-dealkylation sites (tertiary alicyclic amines) is 1. The van der Waals surface area contributed by atoms with E-state index in [1.165, 1.54) is 12.8 Å². The second-order valence-electron chi connectivity index (χ2n) is 6.69. The fraction of sp³-hybridized carbons (Fsp3) is 0.650. The Kier molecular flexibility index (Phi) is 12.6. The molecule has 2 rings (SSSR count). The largest absolute Gasteiger partial charge is 0.388 e. The number of aliphatic hydroxyl groups excluding tert-OH is 1. The molecule has 0 amide bonds. The molecule has 6 nitrogen and oxygen atoms in total. The van der Waals surface area contributed by atoms with Crippen LogP contribution in [0.3, 0.4) is 0 Å². The van der Waals surface area contributed by atoms with Gasteiger partial charge in [0.1, 0.15) is 0 Å². The third kappa shape index (κ3) is 8.76. The minimum atomic E-state index is -0.453. The molecule has 1 aliphatic rings. The summed E-state index contributed by atoms with van der Waals surface area (Å²) in [6.07, 6.45) is 2.62. The van der Waals surface area contributed by atoms with Crippen LogP contribution in [0.1, 0.15) is 37.9 Å². The van der Waals surface area contributed by atoms with Crippen molar-refractivity contribution in [3.63, 3.8) is 0 Å². The Morgan fingerprint density at radius 3 is 2.81 bits per heavy atom. The van der Waals surface area contributed by atoms with Gasteiger partial charge in [0.05, 0.1) is 19.3 Å². The summed E-state index contributed by atoms with van der Waals surface area (Å²) >= 11 is 0. The molecule has 2 atom stereocenters. The molecule has 2 unspecified atom stereocenters. The van der Waals surface area contributed by atoms with Gasteiger partial charge in [-0.15, -0.1) is 24.0 Å². The minimum absolute atomic E-state index is 0. The van der Waals surface area contributed by atoms with E-state index in [1.807, 2.05) is 30.3 Å². The molecule has 1 fully saturated rings. The quantitative estimate of drug-likeness (QED) is 0.267. The predicted molar refractivity (Wildman–Crippen MR) is 122 cm³/mol. The van der Waals surface area contributed by atoms with Crippen molar-refractivity contribution in [2.45, 2.75) is 38.3 Å². The van der Waals surface area contributed by atoms with Crippen LogP contribution in [0.2, 0.25) is 0 Å². The van der Waals surface area contributed by atoms with Crippen LogP contribution in [-0.4, -0.2) is 68.4 Å². The highest BCUT2D eigenvalue weighted by molar-refractivity contribution is 14.0. The molecule has 7 heteroatoms. The van der Waals surface area contributed by atoms with E-state index >= 15 is 0 Å². The van der Waals surface area contributed by atoms with Gasteiger partial charge in [0.25, 0.3) is 0 Å². The van der Waals surface area contributed by atoms with Gasteiger partial charge in [-0.1, -0.05) is 30.3 Å². The number of benzene rings is 1. The minimum Gasteiger partial charge on any atom is -0.388 e. The highest BCUT2D eigenvalue weighted by atomic mass is 127. The van der Waals surface area contributed by atoms with Gasteiger partial charge >= 0.3 is 0 Å². The van der Waals surface area contributed by atoms with Gasteiger partial charge in [-0.2, -0.15) is 0 Å². The summed E-state index contributed by atoms with van der Waals surface area (Å²) < 4.78 is 5.20. The van der Waals surface area contributed by atoms with Gasteiger partial charge in [-0.3, -0.25) is 9.89 Å². The number of methoxy groups -OCH3 is 1. The van der Waals surface area contributed by atoms with Crippen LogP contribution in [0.4, 0.5) is 0 Å². The maximum atomic E-state index is 10.3. The maximum absolute atomic E-state index is 10.3. The van der Waals surface area contributed by atoms with E-state index in [0.29, 0.717) is 19.0 Å². The molecule has 3 N–H and O–H groups in total. The second-order valence-corrected chi connectivity index (χ2v) is 6.69. The van der Waals surface area contributed by atoms with E-state index in [-0.39, 0.29) is 24.0 Å². The fourth-order valence-corrected chi connectivity index (χ4v) is 3.31. The van der Waals surface area contributed by atoms with E-state index < -0.39 is 6.10 Å². The molecule has 0 saturated carbocycles. The first kappa shape index (κ1) is 24.1. The summed E-state index contributed by atoms with van der Waals surface area (Å²) in [5.74, 6) is 0.825. The van der Waals surface area contributed by atoms with Crippen molar-refractivity contribution in [1.29, 1.82) is 0 Å². The lowest BCUT2D eigenvalue weighted by molar-refractivity contribution is 0.142. The Bertz CT molecular complexity index is 530. The molecule has 154 valence electrons. The summed E-state index contributed by atoms with van der Waals surface area (Å²) in [6, 6.07) is 10.3. The zero-order chi connectivity index (χ0) is 18.6. The first-order valence-corrected chi connectivity index (χ1v) is 9.72. The molecule has 0 bridgehead atoms. The topological polar surface area (TPSA) is 69.1 Å². The van der Waals surface area contributed by atoms with Crippen molar-refractivity contribution >= 4 is 29.9 Å². The van der Waals surface area contributed by atoms with Gasteiger partial charge in [0.2, 0.25) is 0 Å². The second kappa shape index (κ2) is 14.1. The Labute approximate surface area is 180 Å². The van der Waals surface area contributed by atoms with Crippen molar-refractivity contribution in [3.8, 4) is 0 Å². The van der Waals surface area contributed by atoms with Crippen LogP contribution >= 0.6 is 24.0 Å². The molecule has 0 aliphatic carbocycles. The van der Waals surface area contributed by atoms with Crippen LogP contribution in [0, 0.1) is 0 Å². The number of guanidine groups is 1. The number of nitrogens with zero attached hydrogens (tertiary/aromatic N) is 2. The summed E-state index contributed by atoms with van der Waals surface area (Å²) in [5.41, 5.74) is 0.955. The molecule has 1 saturated heterocycles. The third-order valence-corrected chi connectivity index (χ3v) is 4.78. The fourth-order valence-electron chi connectivity index (χ4n) is 3.31. The van der Waals surface area contributed by atoms with Crippen molar-refractivity contribution < 1.29 is 9.84 Å². The number of aliphatic hydroxyl groups is 1. The van der Waals surface area contributed by atoms with Gasteiger partial charge < -0.3 is 20.5 Å². The monoisotopic (exact) mass is 490 g/mol. The SMILES string of the molecule is CCNC(=NCC1CCCN1CCOC)NCCC(O)c1ccccc1.I. The van der Waals surface area contributed by atoms with E-state index in [4.69, 9.17) is 9.73 Å². The van der Waals surface area contributed by atoms with E-state index in [0.717, 1.165) is 44.3 Å². The molecule has 0 spiro atoms. The van der Waals surface area contributed by atoms with E-state index in [2.05, 4.69) is 22.5 Å². The molecule has 1 aromatic carbocycles. The van der Waals surface area contributed by atoms with Gasteiger partial charge in [0, 0.05) is 32.8 Å². The number of halogens is 1. The van der Waals surface area contributed by atoms with Gasteiger partial charge in [-0.25, -0.2) is 0 Å². The number of ether oxygens (including phenoxy) is 1. The Morgan fingerprint density at radius 2 is 2.11 bits per heavy atom. The summed E-state index contributed by atoms with van der Waals surface area (Å²) in [5, 5.41) is 16.9. The highest BCUT2D eigenvalue weighted by Gasteiger charge is 2.23. The molecular formula is C20H35IN4O2. The van der Waals surface area contributed by atoms with E-state index in [1.54, 1.807) is 7.11 Å². The molecule has 1 aromatic rings. The van der Waals surface area contributed by atoms with Gasteiger partial charge in [-0.05, 0) is 38.3 Å². The van der Waals surface area contributed by atoms with Crippen LogP contribution in [-0.2, 0) is 4.74 Å². The van der Waals surface area contributed by atoms with Crippen LogP contribution in [0.15, 0.2) is 35.3 Å². The molecule has 27 heavy (non-hydrogen) atoms. The van der Waals surface area contributed by atoms with E-state index in [9.17, 15) is 5.11 Å². The Balaban J connectivity index is 0.00000364. The smallest absolute Gasteiger partial charge is 0.191 e. The summed E-state index contributed by atoms with van der Waals surface area (Å²) in [6.45, 7) is 7.25. The number of hydrogen-bond donors (Lipinski definition) is 3. The standard InChI is InChI=1S/C20H34N4O2.HI/c1-3-21-20(22-12-11-19(25)17-8-5-4-6-9-17)23-16-18-10-7-13-24(18)14-15-26-2;/h4-6,8-9,18-19,25H,3,7,10-16H2,1-2H3,(H2,21,22,23);1H. The highest BCUT2D eigenvalue weighted by Crippen LogP contribution is 2.17. The van der Waals surface area contributed by atoms with Crippen molar-refractivity contribution in [1.82, 2.24) is 15.5 Å². The van der Waals surface area contributed by atoms with Crippen molar-refractivity contribution in [2.75, 3.05) is 46.4 Å². The molecule has 1 heterocycles. The zero-order valence-electron chi connectivity index (χ0n) is 16.6. The normalized spacial score (nSPS) is 18.8. The molecule has 1 aliphatic heterocycles. The third-order valence-electron chi connectivity index (χ3n) is 4.78. The Morgan fingerprint density at radius 1 is 1.33 bits per heavy atom. The zero-order valence-corrected chi connectivity index (χ0v) is 18.9. The molecule has 0 aromatic heterocycles. The summed E-state index contributed by atoms with van der Waals surface area (Å²) in [4.78, 5) is 7.22. The lowest BCUT2D eigenvalue weighted by atomic mass is 10.1. The average molecular weight is 490 g/mol. The van der Waals surface area contributed by atoms with Crippen LogP contribution in [0.25, 0.3) is 0 Å². The predicted octanol–water partition coefficient (Wildman–Crippen LogP) is 2.39. The lowest BCUT2D eigenvalue weighted by Crippen LogP contribution is -2.40. The van der Waals surface area contributed by atoms with Crippen LogP contribution in [0.5, 0.6) is 0 Å².